The number of aryl methyl sites for hydroxylation is 1. The molecule has 0 radical (unpaired) electrons. The molecule has 4 nitrogen and oxygen atoms in total. The SMILES string of the molecule is Cc1cccc(NC(=O)C(C)OC(=O)/C=C/c2ccc(Cl)cc2)c1. The summed E-state index contributed by atoms with van der Waals surface area (Å²) < 4.78 is 5.10. The van der Waals surface area contributed by atoms with E-state index in [0.29, 0.717) is 10.7 Å². The van der Waals surface area contributed by atoms with Crippen molar-refractivity contribution in [1.82, 2.24) is 0 Å². The molecule has 0 fully saturated rings. The van der Waals surface area contributed by atoms with Crippen molar-refractivity contribution < 1.29 is 14.3 Å². The number of rotatable bonds is 5. The van der Waals surface area contributed by atoms with Gasteiger partial charge in [-0.15, -0.1) is 0 Å². The molecule has 2 aromatic rings. The molecule has 0 bridgehead atoms. The second kappa shape index (κ2) is 8.31. The molecule has 124 valence electrons. The summed E-state index contributed by atoms with van der Waals surface area (Å²) in [6, 6.07) is 14.4. The van der Waals surface area contributed by atoms with Crippen molar-refractivity contribution in [2.24, 2.45) is 0 Å². The Kier molecular flexibility index (Phi) is 6.15. The fraction of sp³-hybridized carbons (Fsp3) is 0.158. The molecule has 0 saturated carbocycles. The highest BCUT2D eigenvalue weighted by atomic mass is 35.5. The molecule has 24 heavy (non-hydrogen) atoms. The van der Waals surface area contributed by atoms with Gasteiger partial charge in [0.25, 0.3) is 5.91 Å². The molecule has 0 aromatic heterocycles. The molecule has 2 rings (SSSR count). The predicted molar refractivity (Wildman–Crippen MR) is 95.8 cm³/mol. The zero-order chi connectivity index (χ0) is 17.5. The summed E-state index contributed by atoms with van der Waals surface area (Å²) in [4.78, 5) is 23.8. The summed E-state index contributed by atoms with van der Waals surface area (Å²) >= 11 is 5.79. The number of halogens is 1. The first-order valence-corrected chi connectivity index (χ1v) is 7.83. The van der Waals surface area contributed by atoms with Crippen LogP contribution in [0.3, 0.4) is 0 Å². The number of benzene rings is 2. The number of hydrogen-bond donors (Lipinski definition) is 1. The third kappa shape index (κ3) is 5.56. The number of hydrogen-bond acceptors (Lipinski definition) is 3. The quantitative estimate of drug-likeness (QED) is 0.652. The van der Waals surface area contributed by atoms with Crippen LogP contribution in [0.1, 0.15) is 18.1 Å². The minimum absolute atomic E-state index is 0.381. The van der Waals surface area contributed by atoms with Gasteiger partial charge in [0.15, 0.2) is 6.10 Å². The topological polar surface area (TPSA) is 55.4 Å². The number of anilines is 1. The number of carbonyl (C=O) groups is 2. The highest BCUT2D eigenvalue weighted by molar-refractivity contribution is 6.30. The van der Waals surface area contributed by atoms with Crippen molar-refractivity contribution in [3.63, 3.8) is 0 Å². The van der Waals surface area contributed by atoms with Crippen molar-refractivity contribution in [2.45, 2.75) is 20.0 Å². The van der Waals surface area contributed by atoms with Crippen LogP contribution in [0.5, 0.6) is 0 Å². The zero-order valence-corrected chi connectivity index (χ0v) is 14.2. The lowest BCUT2D eigenvalue weighted by Crippen LogP contribution is -2.29. The molecular weight excluding hydrogens is 326 g/mol. The van der Waals surface area contributed by atoms with E-state index in [9.17, 15) is 9.59 Å². The van der Waals surface area contributed by atoms with Gasteiger partial charge in [0.1, 0.15) is 0 Å². The Balaban J connectivity index is 1.88. The summed E-state index contributed by atoms with van der Waals surface area (Å²) in [5.41, 5.74) is 2.51. The van der Waals surface area contributed by atoms with Crippen molar-refractivity contribution in [1.29, 1.82) is 0 Å². The minimum Gasteiger partial charge on any atom is -0.449 e. The summed E-state index contributed by atoms with van der Waals surface area (Å²) in [7, 11) is 0. The second-order valence-electron chi connectivity index (χ2n) is 5.32. The Morgan fingerprint density at radius 3 is 2.54 bits per heavy atom. The lowest BCUT2D eigenvalue weighted by atomic mass is 10.2. The highest BCUT2D eigenvalue weighted by Crippen LogP contribution is 2.12. The monoisotopic (exact) mass is 343 g/mol. The van der Waals surface area contributed by atoms with Crippen molar-refractivity contribution in [3.8, 4) is 0 Å². The normalized spacial score (nSPS) is 12.0. The molecular formula is C19H18ClNO3. The first-order valence-electron chi connectivity index (χ1n) is 7.46. The number of ether oxygens (including phenoxy) is 1. The molecule has 0 spiro atoms. The van der Waals surface area contributed by atoms with E-state index in [1.54, 1.807) is 36.4 Å². The van der Waals surface area contributed by atoms with Crippen molar-refractivity contribution in [3.05, 3.63) is 70.8 Å². The van der Waals surface area contributed by atoms with Gasteiger partial charge < -0.3 is 10.1 Å². The fourth-order valence-electron chi connectivity index (χ4n) is 1.97. The van der Waals surface area contributed by atoms with Gasteiger partial charge in [0.2, 0.25) is 0 Å². The highest BCUT2D eigenvalue weighted by Gasteiger charge is 2.16. The van der Waals surface area contributed by atoms with E-state index in [-0.39, 0.29) is 5.91 Å². The van der Waals surface area contributed by atoms with E-state index in [2.05, 4.69) is 5.32 Å². The molecule has 0 heterocycles. The van der Waals surface area contributed by atoms with Crippen LogP contribution in [0.15, 0.2) is 54.6 Å². The van der Waals surface area contributed by atoms with Crippen LogP contribution in [0.2, 0.25) is 5.02 Å². The first-order chi connectivity index (χ1) is 11.4. The van der Waals surface area contributed by atoms with Crippen molar-refractivity contribution in [2.75, 3.05) is 5.32 Å². The van der Waals surface area contributed by atoms with Gasteiger partial charge >= 0.3 is 5.97 Å². The molecule has 0 saturated heterocycles. The summed E-state index contributed by atoms with van der Waals surface area (Å²) in [5.74, 6) is -0.967. The van der Waals surface area contributed by atoms with Gasteiger partial charge in [-0.1, -0.05) is 35.9 Å². The Morgan fingerprint density at radius 1 is 1.17 bits per heavy atom. The molecule has 1 unspecified atom stereocenters. The van der Waals surface area contributed by atoms with Crippen LogP contribution in [0, 0.1) is 6.92 Å². The lowest BCUT2D eigenvalue weighted by molar-refractivity contribution is -0.148. The summed E-state index contributed by atoms with van der Waals surface area (Å²) in [5, 5.41) is 3.33. The van der Waals surface area contributed by atoms with Gasteiger partial charge in [-0.2, -0.15) is 0 Å². The maximum absolute atomic E-state index is 12.0. The van der Waals surface area contributed by atoms with Gasteiger partial charge in [0.05, 0.1) is 0 Å². The summed E-state index contributed by atoms with van der Waals surface area (Å²) in [6.45, 7) is 3.46. The van der Waals surface area contributed by atoms with Crippen LogP contribution in [0.4, 0.5) is 5.69 Å². The molecule has 1 amide bonds. The number of esters is 1. The first kappa shape index (κ1) is 17.8. The lowest BCUT2D eigenvalue weighted by Gasteiger charge is -2.12. The largest absolute Gasteiger partial charge is 0.449 e. The smallest absolute Gasteiger partial charge is 0.331 e. The van der Waals surface area contributed by atoms with E-state index in [1.807, 2.05) is 25.1 Å². The third-order valence-electron chi connectivity index (χ3n) is 3.23. The van der Waals surface area contributed by atoms with E-state index in [4.69, 9.17) is 16.3 Å². The molecule has 0 aliphatic rings. The Labute approximate surface area is 146 Å². The van der Waals surface area contributed by atoms with Crippen LogP contribution in [-0.2, 0) is 14.3 Å². The third-order valence-corrected chi connectivity index (χ3v) is 3.48. The minimum atomic E-state index is -0.895. The number of amides is 1. The predicted octanol–water partition coefficient (Wildman–Crippen LogP) is 4.23. The average Bonchev–Trinajstić information content (AvgIpc) is 2.54. The van der Waals surface area contributed by atoms with E-state index in [0.717, 1.165) is 11.1 Å². The Morgan fingerprint density at radius 2 is 1.88 bits per heavy atom. The van der Waals surface area contributed by atoms with Gasteiger partial charge in [-0.25, -0.2) is 4.79 Å². The van der Waals surface area contributed by atoms with Crippen LogP contribution in [0.25, 0.3) is 6.08 Å². The molecule has 2 aromatic carbocycles. The molecule has 0 aliphatic carbocycles. The number of carbonyl (C=O) groups excluding carboxylic acids is 2. The van der Waals surface area contributed by atoms with Crippen LogP contribution in [-0.4, -0.2) is 18.0 Å². The molecule has 1 atom stereocenters. The number of nitrogens with one attached hydrogen (secondary N) is 1. The van der Waals surface area contributed by atoms with E-state index in [1.165, 1.54) is 13.0 Å². The average molecular weight is 344 g/mol. The van der Waals surface area contributed by atoms with Crippen LogP contribution >= 0.6 is 11.6 Å². The summed E-state index contributed by atoms with van der Waals surface area (Å²) in [6.07, 6.45) is 1.98. The fourth-order valence-corrected chi connectivity index (χ4v) is 2.10. The standard InChI is InChI=1S/C19H18ClNO3/c1-13-4-3-5-17(12-13)21-19(23)14(2)24-18(22)11-8-15-6-9-16(20)10-7-15/h3-12,14H,1-2H3,(H,21,23)/b11-8+. The van der Waals surface area contributed by atoms with Gasteiger partial charge in [-0.3, -0.25) is 4.79 Å². The molecule has 1 N–H and O–H groups in total. The van der Waals surface area contributed by atoms with Crippen molar-refractivity contribution >= 4 is 35.2 Å². The van der Waals surface area contributed by atoms with E-state index >= 15 is 0 Å². The Bertz CT molecular complexity index is 753. The Hall–Kier alpha value is -2.59. The molecule has 0 aliphatic heterocycles. The van der Waals surface area contributed by atoms with Gasteiger partial charge in [0, 0.05) is 16.8 Å². The zero-order valence-electron chi connectivity index (χ0n) is 13.5. The maximum Gasteiger partial charge on any atom is 0.331 e. The van der Waals surface area contributed by atoms with Crippen LogP contribution < -0.4 is 5.32 Å². The second-order valence-corrected chi connectivity index (χ2v) is 5.76. The van der Waals surface area contributed by atoms with Gasteiger partial charge in [-0.05, 0) is 55.3 Å². The maximum atomic E-state index is 12.0. The van der Waals surface area contributed by atoms with E-state index < -0.39 is 12.1 Å². The molecule has 5 heteroatoms.